The number of aryl methyl sites for hydroxylation is 2. The second-order valence-electron chi connectivity index (χ2n) is 4.53. The summed E-state index contributed by atoms with van der Waals surface area (Å²) < 4.78 is 7.78. The van der Waals surface area contributed by atoms with Crippen molar-refractivity contribution in [3.05, 3.63) is 41.7 Å². The van der Waals surface area contributed by atoms with E-state index in [9.17, 15) is 0 Å². The van der Waals surface area contributed by atoms with Crippen LogP contribution < -0.4 is 10.1 Å². The number of nitrogens with one attached hydrogen (secondary N) is 1. The number of hydrogen-bond donors (Lipinski definition) is 1. The Labute approximate surface area is 114 Å². The second-order valence-corrected chi connectivity index (χ2v) is 4.53. The summed E-state index contributed by atoms with van der Waals surface area (Å²) in [7, 11) is 0. The van der Waals surface area contributed by atoms with Crippen molar-refractivity contribution < 1.29 is 4.74 Å². The summed E-state index contributed by atoms with van der Waals surface area (Å²) >= 11 is 0. The molecule has 0 spiro atoms. The molecular formula is C15H21N3O. The third-order valence-electron chi connectivity index (χ3n) is 2.94. The topological polar surface area (TPSA) is 39.1 Å². The monoisotopic (exact) mass is 259 g/mol. The predicted octanol–water partition coefficient (Wildman–Crippen LogP) is 3.11. The minimum Gasteiger partial charge on any atom is -0.454 e. The number of benzene rings is 1. The molecule has 4 nitrogen and oxygen atoms in total. The minimum absolute atomic E-state index is 0.781. The van der Waals surface area contributed by atoms with Gasteiger partial charge >= 0.3 is 0 Å². The molecule has 0 atom stereocenters. The molecule has 4 heteroatoms. The Morgan fingerprint density at radius 2 is 2.16 bits per heavy atom. The van der Waals surface area contributed by atoms with Gasteiger partial charge in [-0.25, -0.2) is 0 Å². The van der Waals surface area contributed by atoms with Gasteiger partial charge in [0, 0.05) is 18.7 Å². The van der Waals surface area contributed by atoms with Crippen LogP contribution >= 0.6 is 0 Å². The van der Waals surface area contributed by atoms with Gasteiger partial charge in [0.25, 0.3) is 0 Å². The van der Waals surface area contributed by atoms with Gasteiger partial charge in [-0.1, -0.05) is 24.6 Å². The number of aromatic nitrogens is 2. The fourth-order valence-electron chi connectivity index (χ4n) is 1.90. The standard InChI is InChI=1S/C15H21N3O/c1-4-16-9-13-8-12(3)6-7-15(13)19-14-10-17-18(5-2)11-14/h6-8,10-11,16H,4-5,9H2,1-3H3. The lowest BCUT2D eigenvalue weighted by atomic mass is 10.1. The van der Waals surface area contributed by atoms with Crippen LogP contribution in [-0.4, -0.2) is 16.3 Å². The Morgan fingerprint density at radius 1 is 1.32 bits per heavy atom. The van der Waals surface area contributed by atoms with E-state index in [1.807, 2.05) is 16.9 Å². The van der Waals surface area contributed by atoms with E-state index in [1.54, 1.807) is 6.20 Å². The maximum atomic E-state index is 5.92. The molecule has 0 radical (unpaired) electrons. The van der Waals surface area contributed by atoms with E-state index in [2.05, 4.69) is 43.3 Å². The first-order valence-electron chi connectivity index (χ1n) is 6.73. The van der Waals surface area contributed by atoms with Gasteiger partial charge < -0.3 is 10.1 Å². The Bertz CT molecular complexity index is 534. The molecule has 0 bridgehead atoms. The van der Waals surface area contributed by atoms with Crippen molar-refractivity contribution in [2.45, 2.75) is 33.9 Å². The van der Waals surface area contributed by atoms with Crippen LogP contribution in [-0.2, 0) is 13.1 Å². The smallest absolute Gasteiger partial charge is 0.165 e. The first kappa shape index (κ1) is 13.6. The van der Waals surface area contributed by atoms with Gasteiger partial charge in [-0.05, 0) is 26.5 Å². The normalized spacial score (nSPS) is 10.7. The molecule has 19 heavy (non-hydrogen) atoms. The van der Waals surface area contributed by atoms with Crippen molar-refractivity contribution in [1.82, 2.24) is 15.1 Å². The summed E-state index contributed by atoms with van der Waals surface area (Å²) in [5.74, 6) is 1.67. The van der Waals surface area contributed by atoms with Crippen molar-refractivity contribution in [3.8, 4) is 11.5 Å². The van der Waals surface area contributed by atoms with Crippen LogP contribution in [0.4, 0.5) is 0 Å². The van der Waals surface area contributed by atoms with Gasteiger partial charge in [0.1, 0.15) is 5.75 Å². The molecule has 2 aromatic rings. The third kappa shape index (κ3) is 3.58. The Balaban J connectivity index is 2.18. The number of hydrogen-bond acceptors (Lipinski definition) is 3. The first-order chi connectivity index (χ1) is 9.22. The zero-order valence-corrected chi connectivity index (χ0v) is 11.8. The van der Waals surface area contributed by atoms with Crippen LogP contribution in [0.3, 0.4) is 0 Å². The van der Waals surface area contributed by atoms with Gasteiger partial charge in [0.2, 0.25) is 0 Å². The summed E-state index contributed by atoms with van der Waals surface area (Å²) in [5.41, 5.74) is 2.41. The van der Waals surface area contributed by atoms with Crippen molar-refractivity contribution in [2.75, 3.05) is 6.54 Å². The molecule has 0 fully saturated rings. The van der Waals surface area contributed by atoms with E-state index in [0.717, 1.165) is 31.1 Å². The molecule has 2 rings (SSSR count). The molecule has 0 aliphatic carbocycles. The highest BCUT2D eigenvalue weighted by Crippen LogP contribution is 2.26. The summed E-state index contributed by atoms with van der Waals surface area (Å²) in [4.78, 5) is 0. The second kappa shape index (κ2) is 6.38. The summed E-state index contributed by atoms with van der Waals surface area (Å²) in [5, 5.41) is 7.55. The SMILES string of the molecule is CCNCc1cc(C)ccc1Oc1cnn(CC)c1. The van der Waals surface area contributed by atoms with Gasteiger partial charge in [-0.2, -0.15) is 5.10 Å². The fourth-order valence-corrected chi connectivity index (χ4v) is 1.90. The van der Waals surface area contributed by atoms with Gasteiger partial charge in [-0.3, -0.25) is 4.68 Å². The van der Waals surface area contributed by atoms with Crippen molar-refractivity contribution in [3.63, 3.8) is 0 Å². The lowest BCUT2D eigenvalue weighted by molar-refractivity contribution is 0.472. The Morgan fingerprint density at radius 3 is 2.84 bits per heavy atom. The number of nitrogens with zero attached hydrogens (tertiary/aromatic N) is 2. The zero-order chi connectivity index (χ0) is 13.7. The molecule has 1 heterocycles. The summed E-state index contributed by atoms with van der Waals surface area (Å²) in [6, 6.07) is 6.24. The van der Waals surface area contributed by atoms with Crippen LogP contribution in [0.25, 0.3) is 0 Å². The van der Waals surface area contributed by atoms with Gasteiger partial charge in [0.05, 0.1) is 12.4 Å². The molecule has 1 aromatic heterocycles. The molecule has 1 N–H and O–H groups in total. The maximum absolute atomic E-state index is 5.92. The average molecular weight is 259 g/mol. The van der Waals surface area contributed by atoms with E-state index in [-0.39, 0.29) is 0 Å². The van der Waals surface area contributed by atoms with E-state index in [4.69, 9.17) is 4.74 Å². The molecule has 0 saturated carbocycles. The number of rotatable bonds is 6. The molecule has 102 valence electrons. The molecule has 0 saturated heterocycles. The highest BCUT2D eigenvalue weighted by molar-refractivity contribution is 5.39. The molecule has 0 amide bonds. The minimum atomic E-state index is 0.781. The predicted molar refractivity (Wildman–Crippen MR) is 76.5 cm³/mol. The van der Waals surface area contributed by atoms with Gasteiger partial charge in [0.15, 0.2) is 5.75 Å². The van der Waals surface area contributed by atoms with Crippen LogP contribution in [0.15, 0.2) is 30.6 Å². The van der Waals surface area contributed by atoms with Crippen molar-refractivity contribution in [1.29, 1.82) is 0 Å². The largest absolute Gasteiger partial charge is 0.454 e. The van der Waals surface area contributed by atoms with Crippen molar-refractivity contribution >= 4 is 0 Å². The molecular weight excluding hydrogens is 238 g/mol. The Hall–Kier alpha value is -1.81. The van der Waals surface area contributed by atoms with E-state index >= 15 is 0 Å². The molecule has 1 aromatic carbocycles. The molecule has 0 unspecified atom stereocenters. The highest BCUT2D eigenvalue weighted by atomic mass is 16.5. The van der Waals surface area contributed by atoms with Crippen molar-refractivity contribution in [2.24, 2.45) is 0 Å². The van der Waals surface area contributed by atoms with Crippen LogP contribution in [0.2, 0.25) is 0 Å². The average Bonchev–Trinajstić information content (AvgIpc) is 2.86. The number of ether oxygens (including phenoxy) is 1. The van der Waals surface area contributed by atoms with E-state index in [1.165, 1.54) is 11.1 Å². The fraction of sp³-hybridized carbons (Fsp3) is 0.400. The van der Waals surface area contributed by atoms with E-state index in [0.29, 0.717) is 0 Å². The lowest BCUT2D eigenvalue weighted by Gasteiger charge is -2.11. The van der Waals surface area contributed by atoms with Crippen LogP contribution in [0.5, 0.6) is 11.5 Å². The van der Waals surface area contributed by atoms with E-state index < -0.39 is 0 Å². The van der Waals surface area contributed by atoms with Crippen LogP contribution in [0.1, 0.15) is 25.0 Å². The quantitative estimate of drug-likeness (QED) is 0.866. The zero-order valence-electron chi connectivity index (χ0n) is 11.8. The third-order valence-corrected chi connectivity index (χ3v) is 2.94. The van der Waals surface area contributed by atoms with Gasteiger partial charge in [-0.15, -0.1) is 0 Å². The lowest BCUT2D eigenvalue weighted by Crippen LogP contribution is -2.12. The molecule has 0 aliphatic heterocycles. The Kier molecular flexibility index (Phi) is 4.58. The summed E-state index contributed by atoms with van der Waals surface area (Å²) in [6.07, 6.45) is 3.66. The summed E-state index contributed by atoms with van der Waals surface area (Å²) in [6.45, 7) is 8.85. The maximum Gasteiger partial charge on any atom is 0.165 e. The molecule has 0 aliphatic rings. The van der Waals surface area contributed by atoms with Crippen LogP contribution in [0, 0.1) is 6.92 Å². The highest BCUT2D eigenvalue weighted by Gasteiger charge is 2.06. The first-order valence-corrected chi connectivity index (χ1v) is 6.73.